The van der Waals surface area contributed by atoms with Crippen LogP contribution in [-0.2, 0) is 11.3 Å². The van der Waals surface area contributed by atoms with Crippen LogP contribution >= 0.6 is 0 Å². The highest BCUT2D eigenvalue weighted by molar-refractivity contribution is 5.25. The fourth-order valence-electron chi connectivity index (χ4n) is 3.78. The van der Waals surface area contributed by atoms with Gasteiger partial charge in [-0.15, -0.1) is 5.10 Å². The molecule has 5 heteroatoms. The van der Waals surface area contributed by atoms with Gasteiger partial charge in [0, 0.05) is 12.6 Å². The van der Waals surface area contributed by atoms with E-state index in [0.29, 0.717) is 18.0 Å². The van der Waals surface area contributed by atoms with Gasteiger partial charge >= 0.3 is 0 Å². The summed E-state index contributed by atoms with van der Waals surface area (Å²) in [6.45, 7) is 1.91. The Morgan fingerprint density at radius 1 is 1.13 bits per heavy atom. The fourth-order valence-corrected chi connectivity index (χ4v) is 3.78. The van der Waals surface area contributed by atoms with E-state index in [-0.39, 0.29) is 6.10 Å². The summed E-state index contributed by atoms with van der Waals surface area (Å²) in [6, 6.07) is 14.8. The maximum atomic E-state index is 6.34. The van der Waals surface area contributed by atoms with Crippen LogP contribution in [0.5, 0.6) is 0 Å². The molecular formula is C18H22N4O. The zero-order valence-corrected chi connectivity index (χ0v) is 13.1. The Morgan fingerprint density at radius 3 is 2.78 bits per heavy atom. The maximum Gasteiger partial charge on any atom is 0.146 e. The predicted octanol–water partition coefficient (Wildman–Crippen LogP) is 2.55. The largest absolute Gasteiger partial charge is 0.382 e. The number of nitrogens with zero attached hydrogens (tertiary/aromatic N) is 3. The van der Waals surface area contributed by atoms with Crippen molar-refractivity contribution in [2.75, 3.05) is 12.3 Å². The normalized spacial score (nSPS) is 27.7. The summed E-state index contributed by atoms with van der Waals surface area (Å²) in [6.07, 6.45) is 3.92. The molecule has 2 aromatic rings. The second-order valence-corrected chi connectivity index (χ2v) is 6.44. The number of nitrogen functional groups attached to an aromatic ring is 1. The fraction of sp³-hybridized carbons (Fsp3) is 0.444. The molecule has 3 heterocycles. The molecule has 0 spiro atoms. The average molecular weight is 310 g/mol. The van der Waals surface area contributed by atoms with Crippen LogP contribution in [0, 0.1) is 0 Å². The molecule has 1 aromatic heterocycles. The van der Waals surface area contributed by atoms with Gasteiger partial charge in [0.05, 0.1) is 17.9 Å². The highest BCUT2D eigenvalue weighted by atomic mass is 16.5. The molecule has 120 valence electrons. The van der Waals surface area contributed by atoms with Gasteiger partial charge in [0.1, 0.15) is 5.82 Å². The van der Waals surface area contributed by atoms with E-state index >= 15 is 0 Å². The molecule has 2 aliphatic heterocycles. The maximum absolute atomic E-state index is 6.34. The third-order valence-corrected chi connectivity index (χ3v) is 4.90. The number of fused-ring (bicyclic) bond motifs is 1. The number of benzene rings is 1. The van der Waals surface area contributed by atoms with Gasteiger partial charge in [-0.05, 0) is 43.5 Å². The minimum absolute atomic E-state index is 0.212. The monoisotopic (exact) mass is 310 g/mol. The van der Waals surface area contributed by atoms with Crippen molar-refractivity contribution in [2.24, 2.45) is 0 Å². The molecule has 0 aliphatic carbocycles. The molecule has 2 aliphatic rings. The number of anilines is 1. The van der Waals surface area contributed by atoms with Gasteiger partial charge in [0.15, 0.2) is 0 Å². The first-order valence-electron chi connectivity index (χ1n) is 8.32. The Bertz CT molecular complexity index is 646. The van der Waals surface area contributed by atoms with Gasteiger partial charge in [-0.2, -0.15) is 5.10 Å². The minimum atomic E-state index is 0.212. The lowest BCUT2D eigenvalue weighted by atomic mass is 9.95. The van der Waals surface area contributed by atoms with E-state index in [4.69, 9.17) is 10.5 Å². The van der Waals surface area contributed by atoms with Gasteiger partial charge in [-0.1, -0.05) is 30.3 Å². The first kappa shape index (κ1) is 14.6. The Hall–Kier alpha value is -1.98. The van der Waals surface area contributed by atoms with Gasteiger partial charge in [-0.25, -0.2) is 0 Å². The average Bonchev–Trinajstić information content (AvgIpc) is 3.03. The van der Waals surface area contributed by atoms with Gasteiger partial charge < -0.3 is 10.5 Å². The number of ether oxygens (including phenoxy) is 1. The summed E-state index contributed by atoms with van der Waals surface area (Å²) in [5, 5.41) is 8.17. The standard InChI is InChI=1S/C18H22N4O/c19-18-9-8-14(20-21-18)12-22-10-4-7-16-15(22)11-17(23-16)13-5-2-1-3-6-13/h1-3,5-6,8-9,15-17H,4,7,10-12H2,(H2,19,21)/t15-,16-,17-/m0/s1. The topological polar surface area (TPSA) is 64.3 Å². The molecule has 0 bridgehead atoms. The van der Waals surface area contributed by atoms with Crippen molar-refractivity contribution in [3.63, 3.8) is 0 Å². The Labute approximate surface area is 136 Å². The highest BCUT2D eigenvalue weighted by Crippen LogP contribution is 2.39. The summed E-state index contributed by atoms with van der Waals surface area (Å²) in [5.74, 6) is 0.471. The van der Waals surface area contributed by atoms with E-state index in [0.717, 1.165) is 31.6 Å². The smallest absolute Gasteiger partial charge is 0.146 e. The van der Waals surface area contributed by atoms with Crippen LogP contribution in [0.15, 0.2) is 42.5 Å². The molecule has 1 aromatic carbocycles. The summed E-state index contributed by atoms with van der Waals surface area (Å²) in [4.78, 5) is 2.50. The Morgan fingerprint density at radius 2 is 2.00 bits per heavy atom. The lowest BCUT2D eigenvalue weighted by molar-refractivity contribution is -0.00602. The molecule has 4 rings (SSSR count). The van der Waals surface area contributed by atoms with Crippen molar-refractivity contribution in [2.45, 2.75) is 44.1 Å². The van der Waals surface area contributed by atoms with Crippen LogP contribution < -0.4 is 5.73 Å². The number of piperidine rings is 1. The highest BCUT2D eigenvalue weighted by Gasteiger charge is 2.41. The molecule has 0 radical (unpaired) electrons. The van der Waals surface area contributed by atoms with Crippen LogP contribution in [0.3, 0.4) is 0 Å². The second kappa shape index (κ2) is 6.26. The summed E-state index contributed by atoms with van der Waals surface area (Å²) < 4.78 is 6.34. The van der Waals surface area contributed by atoms with E-state index in [9.17, 15) is 0 Å². The quantitative estimate of drug-likeness (QED) is 0.944. The molecule has 5 nitrogen and oxygen atoms in total. The predicted molar refractivity (Wildman–Crippen MR) is 88.5 cm³/mol. The second-order valence-electron chi connectivity index (χ2n) is 6.44. The third-order valence-electron chi connectivity index (χ3n) is 4.90. The number of likely N-dealkylation sites (tertiary alicyclic amines) is 1. The molecule has 0 amide bonds. The molecule has 3 atom stereocenters. The van der Waals surface area contributed by atoms with Crippen molar-refractivity contribution in [3.05, 3.63) is 53.7 Å². The lowest BCUT2D eigenvalue weighted by Crippen LogP contribution is -2.45. The van der Waals surface area contributed by atoms with Crippen LogP contribution in [0.1, 0.15) is 36.6 Å². The van der Waals surface area contributed by atoms with Crippen molar-refractivity contribution in [3.8, 4) is 0 Å². The van der Waals surface area contributed by atoms with Crippen molar-refractivity contribution in [1.82, 2.24) is 15.1 Å². The zero-order valence-electron chi connectivity index (χ0n) is 13.1. The molecule has 0 saturated carbocycles. The summed E-state index contributed by atoms with van der Waals surface area (Å²) in [5.41, 5.74) is 7.88. The van der Waals surface area contributed by atoms with E-state index < -0.39 is 0 Å². The summed E-state index contributed by atoms with van der Waals surface area (Å²) in [7, 11) is 0. The molecule has 2 fully saturated rings. The van der Waals surface area contributed by atoms with Gasteiger partial charge in [0.2, 0.25) is 0 Å². The van der Waals surface area contributed by atoms with Crippen molar-refractivity contribution in [1.29, 1.82) is 0 Å². The Kier molecular flexibility index (Phi) is 3.97. The number of aromatic nitrogens is 2. The van der Waals surface area contributed by atoms with Gasteiger partial charge in [-0.3, -0.25) is 4.90 Å². The number of rotatable bonds is 3. The van der Waals surface area contributed by atoms with E-state index in [1.807, 2.05) is 12.1 Å². The van der Waals surface area contributed by atoms with E-state index in [1.165, 1.54) is 12.0 Å². The van der Waals surface area contributed by atoms with Gasteiger partial charge in [0.25, 0.3) is 0 Å². The van der Waals surface area contributed by atoms with Crippen molar-refractivity contribution < 1.29 is 4.74 Å². The molecular weight excluding hydrogens is 288 g/mol. The minimum Gasteiger partial charge on any atom is -0.382 e. The van der Waals surface area contributed by atoms with Crippen molar-refractivity contribution >= 4 is 5.82 Å². The molecule has 0 unspecified atom stereocenters. The first-order valence-corrected chi connectivity index (χ1v) is 8.32. The number of hydrogen-bond acceptors (Lipinski definition) is 5. The van der Waals surface area contributed by atoms with Crippen LogP contribution in [0.2, 0.25) is 0 Å². The van der Waals surface area contributed by atoms with Crippen LogP contribution in [0.25, 0.3) is 0 Å². The van der Waals surface area contributed by atoms with Crippen LogP contribution in [-0.4, -0.2) is 33.8 Å². The number of nitrogens with two attached hydrogens (primary N) is 1. The van der Waals surface area contributed by atoms with E-state index in [1.54, 1.807) is 0 Å². The third kappa shape index (κ3) is 3.07. The Balaban J connectivity index is 1.48. The molecule has 23 heavy (non-hydrogen) atoms. The SMILES string of the molecule is Nc1ccc(CN2CCC[C@@H]3O[C@H](c4ccccc4)C[C@@H]32)nn1. The van der Waals surface area contributed by atoms with E-state index in [2.05, 4.69) is 45.4 Å². The number of hydrogen-bond donors (Lipinski definition) is 1. The first-order chi connectivity index (χ1) is 11.3. The summed E-state index contributed by atoms with van der Waals surface area (Å²) >= 11 is 0. The molecule has 2 saturated heterocycles. The molecule has 2 N–H and O–H groups in total. The zero-order chi connectivity index (χ0) is 15.6. The van der Waals surface area contributed by atoms with Crippen LogP contribution in [0.4, 0.5) is 5.82 Å². The lowest BCUT2D eigenvalue weighted by Gasteiger charge is -2.36.